The van der Waals surface area contributed by atoms with Gasteiger partial charge in [0.25, 0.3) is 0 Å². The van der Waals surface area contributed by atoms with Gasteiger partial charge in [-0.15, -0.1) is 10.2 Å². The summed E-state index contributed by atoms with van der Waals surface area (Å²) in [5.41, 5.74) is -0.0139. The smallest absolute Gasteiger partial charge is 0.311 e. The van der Waals surface area contributed by atoms with Gasteiger partial charge in [-0.3, -0.25) is 9.59 Å². The van der Waals surface area contributed by atoms with Gasteiger partial charge in [0.2, 0.25) is 17.7 Å². The van der Waals surface area contributed by atoms with Crippen molar-refractivity contribution in [1.29, 1.82) is 0 Å². The molecule has 7 nitrogen and oxygen atoms in total. The number of aliphatic carboxylic acids is 1. The van der Waals surface area contributed by atoms with E-state index in [-0.39, 0.29) is 18.9 Å². The number of carboxylic acids is 1. The van der Waals surface area contributed by atoms with Crippen molar-refractivity contribution in [1.82, 2.24) is 15.1 Å². The lowest BCUT2D eigenvalue weighted by atomic mass is 9.90. The van der Waals surface area contributed by atoms with Gasteiger partial charge < -0.3 is 14.4 Å². The Balaban J connectivity index is 1.56. The number of aryl methyl sites for hydroxylation is 1. The maximum atomic E-state index is 12.2. The van der Waals surface area contributed by atoms with Crippen LogP contribution in [0.25, 0.3) is 11.5 Å². The van der Waals surface area contributed by atoms with Gasteiger partial charge in [0.05, 0.1) is 5.41 Å². The van der Waals surface area contributed by atoms with Crippen LogP contribution in [0.15, 0.2) is 34.7 Å². The van der Waals surface area contributed by atoms with Crippen molar-refractivity contribution in [2.45, 2.75) is 26.2 Å². The van der Waals surface area contributed by atoms with Gasteiger partial charge in [0.1, 0.15) is 0 Å². The second-order valence-corrected chi connectivity index (χ2v) is 6.30. The van der Waals surface area contributed by atoms with E-state index in [2.05, 4.69) is 10.2 Å². The quantitative estimate of drug-likeness (QED) is 0.901. The number of hydrogen-bond donors (Lipinski definition) is 1. The first-order valence-electron chi connectivity index (χ1n) is 7.87. The minimum absolute atomic E-state index is 0.0839. The Hall–Kier alpha value is -2.70. The molecular formula is C17H19N3O4. The topological polar surface area (TPSA) is 96.5 Å². The van der Waals surface area contributed by atoms with Crippen LogP contribution in [0, 0.1) is 5.41 Å². The van der Waals surface area contributed by atoms with Gasteiger partial charge in [0, 0.05) is 31.5 Å². The molecule has 7 heteroatoms. The van der Waals surface area contributed by atoms with Crippen molar-refractivity contribution in [2.24, 2.45) is 5.41 Å². The van der Waals surface area contributed by atoms with E-state index in [4.69, 9.17) is 4.42 Å². The van der Waals surface area contributed by atoms with E-state index in [0.29, 0.717) is 31.2 Å². The first-order valence-corrected chi connectivity index (χ1v) is 7.87. The third kappa shape index (κ3) is 3.29. The minimum Gasteiger partial charge on any atom is -0.481 e. The van der Waals surface area contributed by atoms with E-state index < -0.39 is 11.4 Å². The second-order valence-electron chi connectivity index (χ2n) is 6.30. The Kier molecular flexibility index (Phi) is 4.33. The molecule has 1 amide bonds. The van der Waals surface area contributed by atoms with Crippen molar-refractivity contribution in [3.63, 3.8) is 0 Å². The Morgan fingerprint density at radius 2 is 2.04 bits per heavy atom. The van der Waals surface area contributed by atoms with Crippen molar-refractivity contribution in [3.05, 3.63) is 36.2 Å². The number of carboxylic acid groups (broad SMARTS) is 1. The Morgan fingerprint density at radius 1 is 1.29 bits per heavy atom. The molecule has 0 bridgehead atoms. The number of hydrogen-bond acceptors (Lipinski definition) is 5. The van der Waals surface area contributed by atoms with Gasteiger partial charge in [-0.05, 0) is 25.5 Å². The van der Waals surface area contributed by atoms with Crippen LogP contribution in [0.4, 0.5) is 0 Å². The van der Waals surface area contributed by atoms with Crippen molar-refractivity contribution in [2.75, 3.05) is 13.1 Å². The predicted octanol–water partition coefficient (Wildman–Crippen LogP) is 1.99. The van der Waals surface area contributed by atoms with Crippen LogP contribution in [-0.4, -0.2) is 45.2 Å². The molecule has 0 radical (unpaired) electrons. The molecule has 24 heavy (non-hydrogen) atoms. The molecule has 3 rings (SSSR count). The zero-order chi connectivity index (χ0) is 17.2. The average Bonchev–Trinajstić information content (AvgIpc) is 3.21. The van der Waals surface area contributed by atoms with Crippen LogP contribution in [-0.2, 0) is 16.0 Å². The highest BCUT2D eigenvalue weighted by atomic mass is 16.4. The van der Waals surface area contributed by atoms with Crippen LogP contribution in [0.3, 0.4) is 0 Å². The molecule has 0 aliphatic carbocycles. The fourth-order valence-corrected chi connectivity index (χ4v) is 2.77. The molecule has 1 fully saturated rings. The van der Waals surface area contributed by atoms with Crippen LogP contribution >= 0.6 is 0 Å². The van der Waals surface area contributed by atoms with E-state index in [0.717, 1.165) is 5.56 Å². The second kappa shape index (κ2) is 6.43. The van der Waals surface area contributed by atoms with E-state index in [1.807, 2.05) is 30.3 Å². The lowest BCUT2D eigenvalue weighted by molar-refractivity contribution is -0.147. The van der Waals surface area contributed by atoms with E-state index in [1.165, 1.54) is 0 Å². The van der Waals surface area contributed by atoms with Gasteiger partial charge in [-0.25, -0.2) is 0 Å². The lowest BCUT2D eigenvalue weighted by Crippen LogP contribution is -2.34. The molecule has 2 heterocycles. The monoisotopic (exact) mass is 329 g/mol. The zero-order valence-corrected chi connectivity index (χ0v) is 13.4. The predicted molar refractivity (Wildman–Crippen MR) is 85.0 cm³/mol. The number of carbonyl (C=O) groups excluding carboxylic acids is 1. The summed E-state index contributed by atoms with van der Waals surface area (Å²) in [5, 5.41) is 17.2. The molecule has 1 N–H and O–H groups in total. The van der Waals surface area contributed by atoms with Crippen molar-refractivity contribution in [3.8, 4) is 11.5 Å². The van der Waals surface area contributed by atoms with E-state index in [1.54, 1.807) is 11.8 Å². The number of carbonyl (C=O) groups is 2. The molecule has 0 spiro atoms. The third-order valence-corrected chi connectivity index (χ3v) is 4.38. The van der Waals surface area contributed by atoms with E-state index in [9.17, 15) is 14.7 Å². The van der Waals surface area contributed by atoms with Crippen molar-refractivity contribution >= 4 is 11.9 Å². The first-order chi connectivity index (χ1) is 11.5. The molecule has 0 saturated carbocycles. The maximum Gasteiger partial charge on any atom is 0.311 e. The standard InChI is InChI=1S/C17H19N3O4/c1-17(16(22)23)9-10-20(11-17)14(21)8-7-13-18-19-15(24-13)12-5-3-2-4-6-12/h2-6H,7-11H2,1H3,(H,22,23)/t17-/m0/s1. The molecular weight excluding hydrogens is 310 g/mol. The Bertz CT molecular complexity index is 743. The SMILES string of the molecule is C[C@]1(C(=O)O)CCN(C(=O)CCc2nnc(-c3ccccc3)o2)C1. The average molecular weight is 329 g/mol. The molecule has 1 saturated heterocycles. The molecule has 126 valence electrons. The summed E-state index contributed by atoms with van der Waals surface area (Å²) in [6.45, 7) is 2.40. The number of likely N-dealkylation sites (tertiary alicyclic amines) is 1. The molecule has 1 aliphatic rings. The van der Waals surface area contributed by atoms with Gasteiger partial charge in [-0.1, -0.05) is 18.2 Å². The number of nitrogens with zero attached hydrogens (tertiary/aromatic N) is 3. The molecule has 1 aliphatic heterocycles. The molecule has 1 atom stereocenters. The minimum atomic E-state index is -0.859. The summed E-state index contributed by atoms with van der Waals surface area (Å²) in [4.78, 5) is 25.1. The number of amides is 1. The summed E-state index contributed by atoms with van der Waals surface area (Å²) in [6.07, 6.45) is 1.05. The van der Waals surface area contributed by atoms with Crippen LogP contribution in [0.1, 0.15) is 25.7 Å². The summed E-state index contributed by atoms with van der Waals surface area (Å²) < 4.78 is 5.57. The molecule has 1 aromatic carbocycles. The van der Waals surface area contributed by atoms with Crippen LogP contribution < -0.4 is 0 Å². The molecule has 2 aromatic rings. The lowest BCUT2D eigenvalue weighted by Gasteiger charge is -2.19. The molecule has 0 unspecified atom stereocenters. The highest BCUT2D eigenvalue weighted by Crippen LogP contribution is 2.30. The summed E-state index contributed by atoms with van der Waals surface area (Å²) in [6, 6.07) is 9.42. The summed E-state index contributed by atoms with van der Waals surface area (Å²) >= 11 is 0. The fourth-order valence-electron chi connectivity index (χ4n) is 2.77. The Labute approximate surface area is 139 Å². The Morgan fingerprint density at radius 3 is 2.71 bits per heavy atom. The van der Waals surface area contributed by atoms with Crippen LogP contribution in [0.5, 0.6) is 0 Å². The van der Waals surface area contributed by atoms with Gasteiger partial charge >= 0.3 is 5.97 Å². The third-order valence-electron chi connectivity index (χ3n) is 4.38. The maximum absolute atomic E-state index is 12.2. The zero-order valence-electron chi connectivity index (χ0n) is 13.4. The highest BCUT2D eigenvalue weighted by Gasteiger charge is 2.41. The summed E-state index contributed by atoms with van der Waals surface area (Å²) in [5.74, 6) is -0.110. The normalized spacial score (nSPS) is 20.3. The van der Waals surface area contributed by atoms with Crippen LogP contribution in [0.2, 0.25) is 0 Å². The first kappa shape index (κ1) is 16.2. The van der Waals surface area contributed by atoms with E-state index >= 15 is 0 Å². The number of aromatic nitrogens is 2. The molecule has 1 aromatic heterocycles. The number of rotatable bonds is 5. The van der Waals surface area contributed by atoms with Crippen molar-refractivity contribution < 1.29 is 19.1 Å². The van der Waals surface area contributed by atoms with Gasteiger partial charge in [-0.2, -0.15) is 0 Å². The highest BCUT2D eigenvalue weighted by molar-refractivity contribution is 5.80. The number of benzene rings is 1. The fraction of sp³-hybridized carbons (Fsp3) is 0.412. The summed E-state index contributed by atoms with van der Waals surface area (Å²) in [7, 11) is 0. The largest absolute Gasteiger partial charge is 0.481 e. The van der Waals surface area contributed by atoms with Gasteiger partial charge in [0.15, 0.2) is 0 Å².